The van der Waals surface area contributed by atoms with Crippen molar-refractivity contribution in [2.75, 3.05) is 6.54 Å². The molecule has 7 heteroatoms. The summed E-state index contributed by atoms with van der Waals surface area (Å²) < 4.78 is 1.99. The quantitative estimate of drug-likeness (QED) is 0.547. The monoisotopic (exact) mass is 376 g/mol. The first-order valence-corrected chi connectivity index (χ1v) is 10.4. The average molecular weight is 377 g/mol. The lowest BCUT2D eigenvalue weighted by atomic mass is 10.1. The molecule has 0 atom stereocenters. The SMILES string of the molecule is CCNC(=NCc1c(CC)nn(C)c1CC)NCc1nc(C(C)C)cs1. The largest absolute Gasteiger partial charge is 0.357 e. The number of hydrogen-bond acceptors (Lipinski definition) is 4. The Balaban J connectivity index is 2.09. The molecule has 0 bridgehead atoms. The van der Waals surface area contributed by atoms with Crippen LogP contribution in [0.4, 0.5) is 0 Å². The van der Waals surface area contributed by atoms with Crippen LogP contribution in [0.5, 0.6) is 0 Å². The van der Waals surface area contributed by atoms with Gasteiger partial charge in [0.25, 0.3) is 0 Å². The molecule has 0 saturated carbocycles. The lowest BCUT2D eigenvalue weighted by Gasteiger charge is -2.10. The van der Waals surface area contributed by atoms with Gasteiger partial charge in [0.1, 0.15) is 5.01 Å². The van der Waals surface area contributed by atoms with E-state index in [-0.39, 0.29) is 0 Å². The number of aromatic nitrogens is 3. The fourth-order valence-electron chi connectivity index (χ4n) is 2.90. The van der Waals surface area contributed by atoms with Crippen molar-refractivity contribution in [2.45, 2.75) is 66.5 Å². The van der Waals surface area contributed by atoms with Crippen molar-refractivity contribution >= 4 is 17.3 Å². The van der Waals surface area contributed by atoms with Crippen molar-refractivity contribution in [3.8, 4) is 0 Å². The van der Waals surface area contributed by atoms with Gasteiger partial charge in [0.05, 0.1) is 24.5 Å². The summed E-state index contributed by atoms with van der Waals surface area (Å²) in [6.07, 6.45) is 1.90. The molecule has 2 aromatic heterocycles. The summed E-state index contributed by atoms with van der Waals surface area (Å²) >= 11 is 1.70. The standard InChI is InChI=1S/C19H32N6S/c1-7-15-14(17(8-2)25(6)24-15)10-21-19(20-9-3)22-11-18-23-16(12-26-18)13(4)5/h12-13H,7-11H2,1-6H3,(H2,20,21,22). The number of rotatable bonds is 8. The van der Waals surface area contributed by atoms with Crippen molar-refractivity contribution in [3.05, 3.63) is 33.0 Å². The zero-order valence-electron chi connectivity index (χ0n) is 16.9. The molecule has 144 valence electrons. The van der Waals surface area contributed by atoms with Gasteiger partial charge in [-0.3, -0.25) is 4.68 Å². The molecule has 0 amide bonds. The highest BCUT2D eigenvalue weighted by Gasteiger charge is 2.13. The predicted molar refractivity (Wildman–Crippen MR) is 110 cm³/mol. The molecule has 2 heterocycles. The van der Waals surface area contributed by atoms with E-state index >= 15 is 0 Å². The van der Waals surface area contributed by atoms with Gasteiger partial charge in [-0.25, -0.2) is 9.98 Å². The minimum Gasteiger partial charge on any atom is -0.357 e. The zero-order chi connectivity index (χ0) is 19.1. The number of aryl methyl sites for hydroxylation is 2. The Morgan fingerprint density at radius 3 is 2.58 bits per heavy atom. The second-order valence-electron chi connectivity index (χ2n) is 6.57. The molecular weight excluding hydrogens is 344 g/mol. The fraction of sp³-hybridized carbons (Fsp3) is 0.632. The van der Waals surface area contributed by atoms with Crippen LogP contribution in [-0.4, -0.2) is 27.3 Å². The van der Waals surface area contributed by atoms with Crippen LogP contribution in [0.15, 0.2) is 10.4 Å². The average Bonchev–Trinajstić information content (AvgIpc) is 3.21. The third-order valence-corrected chi connectivity index (χ3v) is 5.20. The normalized spacial score (nSPS) is 12.0. The Bertz CT molecular complexity index is 728. The zero-order valence-corrected chi connectivity index (χ0v) is 17.7. The number of thiazole rings is 1. The maximum atomic E-state index is 4.79. The molecule has 2 aromatic rings. The van der Waals surface area contributed by atoms with Crippen molar-refractivity contribution < 1.29 is 0 Å². The molecule has 0 radical (unpaired) electrons. The minimum atomic E-state index is 0.465. The number of guanidine groups is 1. The number of aliphatic imine (C=N–C) groups is 1. The Morgan fingerprint density at radius 1 is 1.23 bits per heavy atom. The third-order valence-electron chi connectivity index (χ3n) is 4.34. The summed E-state index contributed by atoms with van der Waals surface area (Å²) in [4.78, 5) is 9.47. The van der Waals surface area contributed by atoms with E-state index in [0.29, 0.717) is 19.0 Å². The maximum Gasteiger partial charge on any atom is 0.191 e. The van der Waals surface area contributed by atoms with Crippen molar-refractivity contribution in [1.82, 2.24) is 25.4 Å². The van der Waals surface area contributed by atoms with Crippen molar-refractivity contribution in [1.29, 1.82) is 0 Å². The Morgan fingerprint density at radius 2 is 2.00 bits per heavy atom. The van der Waals surface area contributed by atoms with E-state index in [0.717, 1.165) is 41.7 Å². The Kier molecular flexibility index (Phi) is 7.63. The number of nitrogens with one attached hydrogen (secondary N) is 2. The molecular formula is C19H32N6S. The van der Waals surface area contributed by atoms with Gasteiger partial charge in [0.15, 0.2) is 5.96 Å². The molecule has 0 fully saturated rings. The van der Waals surface area contributed by atoms with E-state index in [9.17, 15) is 0 Å². The first-order chi connectivity index (χ1) is 12.5. The molecule has 0 aromatic carbocycles. The highest BCUT2D eigenvalue weighted by Crippen LogP contribution is 2.18. The van der Waals surface area contributed by atoms with Gasteiger partial charge in [-0.05, 0) is 25.7 Å². The van der Waals surface area contributed by atoms with E-state index in [4.69, 9.17) is 4.99 Å². The van der Waals surface area contributed by atoms with E-state index in [1.165, 1.54) is 11.3 Å². The molecule has 26 heavy (non-hydrogen) atoms. The molecule has 0 spiro atoms. The molecule has 0 unspecified atom stereocenters. The number of nitrogens with zero attached hydrogens (tertiary/aromatic N) is 4. The summed E-state index contributed by atoms with van der Waals surface area (Å²) in [6.45, 7) is 12.9. The lowest BCUT2D eigenvalue weighted by Crippen LogP contribution is -2.36. The summed E-state index contributed by atoms with van der Waals surface area (Å²) in [7, 11) is 2.02. The maximum absolute atomic E-state index is 4.79. The Hall–Kier alpha value is -1.89. The molecule has 0 aliphatic rings. The summed E-state index contributed by atoms with van der Waals surface area (Å²) in [5.74, 6) is 1.29. The van der Waals surface area contributed by atoms with Gasteiger partial charge < -0.3 is 10.6 Å². The van der Waals surface area contributed by atoms with Crippen molar-refractivity contribution in [3.63, 3.8) is 0 Å². The van der Waals surface area contributed by atoms with Crippen molar-refractivity contribution in [2.24, 2.45) is 12.0 Å². The van der Waals surface area contributed by atoms with E-state index in [2.05, 4.69) is 60.7 Å². The highest BCUT2D eigenvalue weighted by molar-refractivity contribution is 7.09. The smallest absolute Gasteiger partial charge is 0.191 e. The van der Waals surface area contributed by atoms with Gasteiger partial charge in [0, 0.05) is 30.2 Å². The van der Waals surface area contributed by atoms with E-state index < -0.39 is 0 Å². The first kappa shape index (κ1) is 20.4. The topological polar surface area (TPSA) is 67.1 Å². The van der Waals surface area contributed by atoms with Gasteiger partial charge in [0.2, 0.25) is 0 Å². The van der Waals surface area contributed by atoms with E-state index in [1.54, 1.807) is 11.3 Å². The van der Waals surface area contributed by atoms with Crippen LogP contribution in [0, 0.1) is 0 Å². The summed E-state index contributed by atoms with van der Waals surface area (Å²) in [6, 6.07) is 0. The second kappa shape index (κ2) is 9.71. The van der Waals surface area contributed by atoms with Crippen LogP contribution in [0.25, 0.3) is 0 Å². The van der Waals surface area contributed by atoms with Crippen LogP contribution in [0.3, 0.4) is 0 Å². The molecule has 2 rings (SSSR count). The number of hydrogen-bond donors (Lipinski definition) is 2. The highest BCUT2D eigenvalue weighted by atomic mass is 32.1. The van der Waals surface area contributed by atoms with Crippen LogP contribution in [0.2, 0.25) is 0 Å². The van der Waals surface area contributed by atoms with Gasteiger partial charge in [-0.15, -0.1) is 11.3 Å². The van der Waals surface area contributed by atoms with Crippen LogP contribution < -0.4 is 10.6 Å². The third kappa shape index (κ3) is 5.06. The summed E-state index contributed by atoms with van der Waals surface area (Å²) in [5.41, 5.74) is 4.82. The van der Waals surface area contributed by atoms with Crippen LogP contribution in [0.1, 0.15) is 68.2 Å². The molecule has 0 aliphatic carbocycles. The Labute approximate surface area is 161 Å². The molecule has 2 N–H and O–H groups in total. The molecule has 0 saturated heterocycles. The predicted octanol–water partition coefficient (Wildman–Crippen LogP) is 3.38. The van der Waals surface area contributed by atoms with Gasteiger partial charge in [-0.1, -0.05) is 27.7 Å². The first-order valence-electron chi connectivity index (χ1n) is 9.50. The summed E-state index contributed by atoms with van der Waals surface area (Å²) in [5, 5.41) is 14.6. The fourth-order valence-corrected chi connectivity index (χ4v) is 3.80. The van der Waals surface area contributed by atoms with E-state index in [1.807, 2.05) is 11.7 Å². The molecule has 6 nitrogen and oxygen atoms in total. The van der Waals surface area contributed by atoms with Gasteiger partial charge >= 0.3 is 0 Å². The lowest BCUT2D eigenvalue weighted by molar-refractivity contribution is 0.703. The second-order valence-corrected chi connectivity index (χ2v) is 7.51. The molecule has 0 aliphatic heterocycles. The van der Waals surface area contributed by atoms with Crippen LogP contribution >= 0.6 is 11.3 Å². The minimum absolute atomic E-state index is 0.465. The van der Waals surface area contributed by atoms with Crippen LogP contribution in [-0.2, 0) is 33.0 Å². The van der Waals surface area contributed by atoms with Gasteiger partial charge in [-0.2, -0.15) is 5.10 Å².